The summed E-state index contributed by atoms with van der Waals surface area (Å²) in [5, 5.41) is 7.93. The number of nitrogens with zero attached hydrogens (tertiary/aromatic N) is 7. The van der Waals surface area contributed by atoms with E-state index in [0.717, 1.165) is 5.56 Å². The molecule has 6 rings (SSSR count). The molecule has 1 aliphatic carbocycles. The number of pyridine rings is 2. The topological polar surface area (TPSA) is 136 Å². The van der Waals surface area contributed by atoms with E-state index in [-0.39, 0.29) is 29.8 Å². The first-order valence-corrected chi connectivity index (χ1v) is 13.8. The van der Waals surface area contributed by atoms with Gasteiger partial charge in [0.25, 0.3) is 0 Å². The Morgan fingerprint density at radius 1 is 1.15 bits per heavy atom. The molecule has 2 aliphatic rings. The van der Waals surface area contributed by atoms with E-state index in [1.165, 1.54) is 11.6 Å². The van der Waals surface area contributed by atoms with Crippen LogP contribution in [0.25, 0.3) is 22.2 Å². The number of likely N-dealkylation sites (tertiary alicyclic amines) is 1. The predicted molar refractivity (Wildman–Crippen MR) is 154 cm³/mol. The van der Waals surface area contributed by atoms with E-state index >= 15 is 0 Å². The Bertz CT molecular complexity index is 1820. The van der Waals surface area contributed by atoms with E-state index in [0.29, 0.717) is 44.8 Å². The minimum Gasteiger partial charge on any atom is -0.314 e. The number of fused-ring (bicyclic) bond motifs is 2. The van der Waals surface area contributed by atoms with Crippen molar-refractivity contribution in [2.45, 2.75) is 52.7 Å². The van der Waals surface area contributed by atoms with Gasteiger partial charge in [-0.05, 0) is 60.8 Å². The Morgan fingerprint density at radius 2 is 1.90 bits per heavy atom. The number of halogens is 1. The first-order valence-electron chi connectivity index (χ1n) is 13.0. The highest BCUT2D eigenvalue weighted by Gasteiger charge is 2.56. The normalized spacial score (nSPS) is 20.7. The van der Waals surface area contributed by atoms with Crippen molar-refractivity contribution in [2.24, 2.45) is 5.41 Å². The summed E-state index contributed by atoms with van der Waals surface area (Å²) in [6, 6.07) is 4.23. The number of amides is 2. The molecule has 0 bridgehead atoms. The van der Waals surface area contributed by atoms with Crippen molar-refractivity contribution in [1.82, 2.24) is 34.6 Å². The molecule has 5 heterocycles. The molecule has 206 valence electrons. The van der Waals surface area contributed by atoms with E-state index in [2.05, 4.69) is 58.1 Å². The van der Waals surface area contributed by atoms with Crippen LogP contribution < -0.4 is 5.32 Å². The summed E-state index contributed by atoms with van der Waals surface area (Å²) in [6.07, 6.45) is 5.31. The number of nitrogens with one attached hydrogen (secondary N) is 1. The SMILES string of the molecule is CC(=O)c1nn(CC(=O)N2[C@H](C(=O)Nc3nc(Br)ccc3C)C[C@@]3(C)C#C[C@@H]23)c2cnc(-c3cnc(C)nc3)cc12. The maximum Gasteiger partial charge on any atom is 0.248 e. The molecular weight excluding hydrogens is 588 g/mol. The fourth-order valence-electron chi connectivity index (χ4n) is 5.32. The molecule has 0 unspecified atom stereocenters. The van der Waals surface area contributed by atoms with Crippen LogP contribution >= 0.6 is 15.9 Å². The molecule has 1 N–H and O–H groups in total. The smallest absolute Gasteiger partial charge is 0.248 e. The molecule has 1 fully saturated rings. The molecule has 0 aromatic carbocycles. The minimum atomic E-state index is -0.763. The molecule has 0 saturated carbocycles. The molecular formula is C29H25BrN8O3. The van der Waals surface area contributed by atoms with Crippen LogP contribution in [0.15, 0.2) is 41.4 Å². The van der Waals surface area contributed by atoms with Crippen LogP contribution in [-0.4, -0.2) is 64.3 Å². The Labute approximate surface area is 243 Å². The van der Waals surface area contributed by atoms with Crippen LogP contribution in [0.3, 0.4) is 0 Å². The number of anilines is 1. The van der Waals surface area contributed by atoms with Gasteiger partial charge >= 0.3 is 0 Å². The predicted octanol–water partition coefficient (Wildman–Crippen LogP) is 3.50. The van der Waals surface area contributed by atoms with Gasteiger partial charge in [0.15, 0.2) is 5.78 Å². The molecule has 41 heavy (non-hydrogen) atoms. The molecule has 11 nitrogen and oxygen atoms in total. The maximum absolute atomic E-state index is 13.9. The van der Waals surface area contributed by atoms with Crippen molar-refractivity contribution in [3.8, 4) is 23.1 Å². The van der Waals surface area contributed by atoms with Gasteiger partial charge in [0.1, 0.15) is 40.6 Å². The van der Waals surface area contributed by atoms with Gasteiger partial charge in [-0.1, -0.05) is 17.9 Å². The number of carbonyl (C=O) groups excluding carboxylic acids is 3. The summed E-state index contributed by atoms with van der Waals surface area (Å²) in [7, 11) is 0. The average molecular weight is 613 g/mol. The van der Waals surface area contributed by atoms with Gasteiger partial charge in [0.2, 0.25) is 11.8 Å². The summed E-state index contributed by atoms with van der Waals surface area (Å²) in [4.78, 5) is 58.8. The lowest BCUT2D eigenvalue weighted by molar-refractivity contribution is -0.138. The Balaban J connectivity index is 1.31. The molecule has 0 radical (unpaired) electrons. The van der Waals surface area contributed by atoms with E-state index < -0.39 is 17.5 Å². The van der Waals surface area contributed by atoms with Crippen LogP contribution in [0.2, 0.25) is 0 Å². The van der Waals surface area contributed by atoms with E-state index in [9.17, 15) is 14.4 Å². The number of aryl methyl sites for hydroxylation is 2. The van der Waals surface area contributed by atoms with Crippen molar-refractivity contribution >= 4 is 50.2 Å². The zero-order valence-electron chi connectivity index (χ0n) is 22.8. The second-order valence-corrected chi connectivity index (χ2v) is 11.4. The maximum atomic E-state index is 13.9. The van der Waals surface area contributed by atoms with Gasteiger partial charge in [0, 0.05) is 30.3 Å². The fourth-order valence-corrected chi connectivity index (χ4v) is 5.63. The van der Waals surface area contributed by atoms with Crippen LogP contribution in [-0.2, 0) is 16.1 Å². The molecule has 12 heteroatoms. The second kappa shape index (κ2) is 9.85. The van der Waals surface area contributed by atoms with Crippen LogP contribution in [0.5, 0.6) is 0 Å². The quantitative estimate of drug-likeness (QED) is 0.198. The van der Waals surface area contributed by atoms with Crippen LogP contribution in [0.1, 0.15) is 42.1 Å². The van der Waals surface area contributed by atoms with Crippen molar-refractivity contribution in [3.05, 3.63) is 58.5 Å². The Kier molecular flexibility index (Phi) is 6.42. The summed E-state index contributed by atoms with van der Waals surface area (Å²) in [6.45, 7) is 6.84. The molecule has 0 spiro atoms. The van der Waals surface area contributed by atoms with E-state index in [1.54, 1.807) is 42.5 Å². The highest BCUT2D eigenvalue weighted by Crippen LogP contribution is 2.45. The highest BCUT2D eigenvalue weighted by atomic mass is 79.9. The third kappa shape index (κ3) is 4.66. The second-order valence-electron chi connectivity index (χ2n) is 10.6. The standard InChI is InChI=1S/C29H25BrN8O3/c1-15-5-6-24(30)34-27(15)35-28(41)21-10-29(4)8-7-23(29)38(21)25(40)14-37-22-13-33-20(18-11-31-17(3)32-12-18)9-19(22)26(36-37)16(2)39/h5-6,9,11-13,21,23H,10,14H2,1-4H3,(H,34,35,41)/t21-,23+,29+/m0/s1. The van der Waals surface area contributed by atoms with Gasteiger partial charge < -0.3 is 10.2 Å². The number of Topliss-reactive ketones (excluding diaryl/α,β-unsaturated/α-hetero) is 1. The number of aromatic nitrogens is 6. The summed E-state index contributed by atoms with van der Waals surface area (Å²) in [5.41, 5.74) is 2.34. The van der Waals surface area contributed by atoms with Gasteiger partial charge in [-0.25, -0.2) is 15.0 Å². The van der Waals surface area contributed by atoms with Crippen LogP contribution in [0, 0.1) is 31.1 Å². The van der Waals surface area contributed by atoms with Crippen LogP contribution in [0.4, 0.5) is 5.82 Å². The number of rotatable bonds is 6. The first-order chi connectivity index (χ1) is 19.5. The fraction of sp³-hybridized carbons (Fsp3) is 0.310. The Hall–Kier alpha value is -4.50. The van der Waals surface area contributed by atoms with Gasteiger partial charge in [-0.2, -0.15) is 5.10 Å². The van der Waals surface area contributed by atoms with Gasteiger partial charge in [-0.15, -0.1) is 0 Å². The average Bonchev–Trinajstić information content (AvgIpc) is 3.39. The lowest BCUT2D eigenvalue weighted by Crippen LogP contribution is -2.50. The third-order valence-corrected chi connectivity index (χ3v) is 8.00. The largest absolute Gasteiger partial charge is 0.314 e. The lowest BCUT2D eigenvalue weighted by Gasteiger charge is -2.34. The lowest BCUT2D eigenvalue weighted by atomic mass is 9.76. The first kappa shape index (κ1) is 26.7. The number of carbonyl (C=O) groups is 3. The summed E-state index contributed by atoms with van der Waals surface area (Å²) in [5.74, 6) is 6.35. The van der Waals surface area contributed by atoms with E-state index in [4.69, 9.17) is 0 Å². The number of ketones is 1. The molecule has 4 aromatic rings. The van der Waals surface area contributed by atoms with Gasteiger partial charge in [-0.3, -0.25) is 24.0 Å². The number of hydrogen-bond acceptors (Lipinski definition) is 8. The van der Waals surface area contributed by atoms with Crippen molar-refractivity contribution in [2.75, 3.05) is 5.32 Å². The third-order valence-electron chi connectivity index (χ3n) is 7.56. The molecule has 4 aromatic heterocycles. The molecule has 1 saturated heterocycles. The van der Waals surface area contributed by atoms with Gasteiger partial charge in [0.05, 0.1) is 22.8 Å². The summed E-state index contributed by atoms with van der Waals surface area (Å²) >= 11 is 3.34. The van der Waals surface area contributed by atoms with Crippen molar-refractivity contribution in [1.29, 1.82) is 0 Å². The van der Waals surface area contributed by atoms with Crippen molar-refractivity contribution in [3.63, 3.8) is 0 Å². The summed E-state index contributed by atoms with van der Waals surface area (Å²) < 4.78 is 2.06. The van der Waals surface area contributed by atoms with E-state index in [1.807, 2.05) is 19.9 Å². The van der Waals surface area contributed by atoms with Crippen molar-refractivity contribution < 1.29 is 14.4 Å². The zero-order valence-corrected chi connectivity index (χ0v) is 24.4. The zero-order chi connectivity index (χ0) is 29.1. The Morgan fingerprint density at radius 3 is 2.59 bits per heavy atom. The molecule has 3 atom stereocenters. The molecule has 2 amide bonds. The minimum absolute atomic E-state index is 0.190. The monoisotopic (exact) mass is 612 g/mol. The highest BCUT2D eigenvalue weighted by molar-refractivity contribution is 9.10. The molecule has 1 aliphatic heterocycles. The number of hydrogen-bond donors (Lipinski definition) is 1.